The van der Waals surface area contributed by atoms with Gasteiger partial charge in [0.15, 0.2) is 5.96 Å². The first-order valence-electron chi connectivity index (χ1n) is 7.34. The topological polar surface area (TPSA) is 54.7 Å². The highest BCUT2D eigenvalue weighted by molar-refractivity contribution is 5.79. The van der Waals surface area contributed by atoms with Crippen LogP contribution in [0.2, 0.25) is 0 Å². The summed E-state index contributed by atoms with van der Waals surface area (Å²) in [4.78, 5) is 6.44. The molecule has 1 N–H and O–H groups in total. The zero-order chi connectivity index (χ0) is 15.1. The zero-order valence-corrected chi connectivity index (χ0v) is 13.2. The minimum Gasteiger partial charge on any atom is -0.377 e. The Morgan fingerprint density at radius 3 is 3.05 bits per heavy atom. The molecule has 0 aromatic carbocycles. The molecule has 0 saturated carbocycles. The van der Waals surface area contributed by atoms with E-state index in [-0.39, 0.29) is 0 Å². The molecule has 0 fully saturated rings. The van der Waals surface area contributed by atoms with Crippen LogP contribution in [0.5, 0.6) is 0 Å². The predicted octanol–water partition coefficient (Wildman–Crippen LogP) is 1.16. The van der Waals surface area contributed by atoms with Crippen LogP contribution in [0, 0.1) is 0 Å². The molecule has 1 aliphatic rings. The predicted molar refractivity (Wildman–Crippen MR) is 84.2 cm³/mol. The van der Waals surface area contributed by atoms with Crippen LogP contribution in [0.15, 0.2) is 29.0 Å². The molecular weight excluding hydrogens is 266 g/mol. The van der Waals surface area contributed by atoms with Crippen LogP contribution in [0.1, 0.15) is 18.4 Å². The maximum Gasteiger partial charge on any atom is 0.193 e. The number of ether oxygens (including phenoxy) is 1. The Labute approximate surface area is 126 Å². The summed E-state index contributed by atoms with van der Waals surface area (Å²) in [5.41, 5.74) is 2.65. The van der Waals surface area contributed by atoms with Gasteiger partial charge < -0.3 is 15.0 Å². The average molecular weight is 291 g/mol. The lowest BCUT2D eigenvalue weighted by molar-refractivity contribution is 0.153. The molecule has 0 atom stereocenters. The van der Waals surface area contributed by atoms with E-state index >= 15 is 0 Å². The summed E-state index contributed by atoms with van der Waals surface area (Å²) >= 11 is 0. The van der Waals surface area contributed by atoms with E-state index in [9.17, 15) is 0 Å². The molecule has 116 valence electrons. The van der Waals surface area contributed by atoms with Crippen LogP contribution >= 0.6 is 0 Å². The first kappa shape index (κ1) is 15.6. The second-order valence-corrected chi connectivity index (χ2v) is 5.29. The van der Waals surface area contributed by atoms with Gasteiger partial charge in [-0.2, -0.15) is 5.10 Å². The number of nitrogens with zero attached hydrogens (tertiary/aromatic N) is 4. The van der Waals surface area contributed by atoms with Crippen LogP contribution < -0.4 is 5.32 Å². The van der Waals surface area contributed by atoms with E-state index in [1.165, 1.54) is 11.1 Å². The highest BCUT2D eigenvalue weighted by Crippen LogP contribution is 2.10. The molecule has 0 radical (unpaired) electrons. The molecule has 6 nitrogen and oxygen atoms in total. The van der Waals surface area contributed by atoms with Crippen LogP contribution in [0.3, 0.4) is 0 Å². The third-order valence-electron chi connectivity index (χ3n) is 3.54. The molecule has 0 aliphatic carbocycles. The number of aromatic nitrogens is 2. The average Bonchev–Trinajstić information content (AvgIpc) is 2.89. The SMILES string of the molecule is CN=C(NCCC1=CCOCC1)N(C)Cc1cnn(C)c1. The van der Waals surface area contributed by atoms with Crippen molar-refractivity contribution in [3.8, 4) is 0 Å². The number of aryl methyl sites for hydroxylation is 1. The summed E-state index contributed by atoms with van der Waals surface area (Å²) in [5, 5.41) is 7.60. The van der Waals surface area contributed by atoms with Crippen molar-refractivity contribution in [1.29, 1.82) is 0 Å². The Kier molecular flexibility index (Phi) is 5.80. The van der Waals surface area contributed by atoms with Crippen molar-refractivity contribution in [2.45, 2.75) is 19.4 Å². The summed E-state index contributed by atoms with van der Waals surface area (Å²) in [5.74, 6) is 0.909. The summed E-state index contributed by atoms with van der Waals surface area (Å²) < 4.78 is 7.13. The lowest BCUT2D eigenvalue weighted by atomic mass is 10.1. The fraction of sp³-hybridized carbons (Fsp3) is 0.600. The molecular formula is C15H25N5O. The summed E-state index contributed by atoms with van der Waals surface area (Å²) in [6.07, 6.45) is 8.19. The summed E-state index contributed by atoms with van der Waals surface area (Å²) in [6, 6.07) is 0. The van der Waals surface area contributed by atoms with Gasteiger partial charge in [0.2, 0.25) is 0 Å². The summed E-state index contributed by atoms with van der Waals surface area (Å²) in [7, 11) is 5.78. The van der Waals surface area contributed by atoms with Gasteiger partial charge >= 0.3 is 0 Å². The van der Waals surface area contributed by atoms with Crippen molar-refractivity contribution in [1.82, 2.24) is 20.0 Å². The third-order valence-corrected chi connectivity index (χ3v) is 3.54. The largest absolute Gasteiger partial charge is 0.377 e. The smallest absolute Gasteiger partial charge is 0.193 e. The number of hydrogen-bond acceptors (Lipinski definition) is 3. The molecule has 0 bridgehead atoms. The van der Waals surface area contributed by atoms with E-state index in [1.54, 1.807) is 0 Å². The first-order chi connectivity index (χ1) is 10.2. The number of rotatable bonds is 5. The lowest BCUT2D eigenvalue weighted by Gasteiger charge is -2.22. The monoisotopic (exact) mass is 291 g/mol. The van der Waals surface area contributed by atoms with Gasteiger partial charge in [-0.1, -0.05) is 11.6 Å². The van der Waals surface area contributed by atoms with Gasteiger partial charge in [-0.3, -0.25) is 9.67 Å². The van der Waals surface area contributed by atoms with Gasteiger partial charge in [-0.05, 0) is 12.8 Å². The van der Waals surface area contributed by atoms with E-state index in [1.807, 2.05) is 38.2 Å². The Morgan fingerprint density at radius 1 is 1.57 bits per heavy atom. The van der Waals surface area contributed by atoms with Crippen molar-refractivity contribution in [3.05, 3.63) is 29.6 Å². The molecule has 1 aliphatic heterocycles. The highest BCUT2D eigenvalue weighted by atomic mass is 16.5. The minimum absolute atomic E-state index is 0.755. The number of aliphatic imine (C=N–C) groups is 1. The van der Waals surface area contributed by atoms with Crippen LogP contribution in [0.4, 0.5) is 0 Å². The van der Waals surface area contributed by atoms with Gasteiger partial charge in [0.1, 0.15) is 0 Å². The minimum atomic E-state index is 0.755. The van der Waals surface area contributed by atoms with Crippen LogP contribution in [-0.4, -0.2) is 54.5 Å². The van der Waals surface area contributed by atoms with Crippen molar-refractivity contribution < 1.29 is 4.74 Å². The van der Waals surface area contributed by atoms with E-state index in [0.717, 1.165) is 45.1 Å². The molecule has 1 aromatic heterocycles. The molecule has 0 saturated heterocycles. The maximum atomic E-state index is 5.32. The number of guanidine groups is 1. The molecule has 1 aromatic rings. The molecule has 0 unspecified atom stereocenters. The zero-order valence-electron chi connectivity index (χ0n) is 13.2. The Balaban J connectivity index is 1.78. The van der Waals surface area contributed by atoms with Gasteiger partial charge in [-0.25, -0.2) is 0 Å². The fourth-order valence-corrected chi connectivity index (χ4v) is 2.41. The van der Waals surface area contributed by atoms with Gasteiger partial charge in [-0.15, -0.1) is 0 Å². The Hall–Kier alpha value is -1.82. The van der Waals surface area contributed by atoms with Gasteiger partial charge in [0, 0.05) is 46.0 Å². The van der Waals surface area contributed by atoms with Gasteiger partial charge in [0.05, 0.1) is 19.4 Å². The lowest BCUT2D eigenvalue weighted by Crippen LogP contribution is -2.39. The molecule has 6 heteroatoms. The van der Waals surface area contributed by atoms with Gasteiger partial charge in [0.25, 0.3) is 0 Å². The van der Waals surface area contributed by atoms with Crippen LogP contribution in [-0.2, 0) is 18.3 Å². The standard InChI is InChI=1S/C15H25N5O/c1-16-15(17-7-4-13-5-8-21-9-6-13)19(2)11-14-10-18-20(3)12-14/h5,10,12H,4,6-9,11H2,1-3H3,(H,16,17). The molecule has 2 heterocycles. The van der Waals surface area contributed by atoms with E-state index in [2.05, 4.69) is 26.4 Å². The third kappa shape index (κ3) is 4.90. The molecule has 21 heavy (non-hydrogen) atoms. The highest BCUT2D eigenvalue weighted by Gasteiger charge is 2.08. The number of nitrogens with one attached hydrogen (secondary N) is 1. The van der Waals surface area contributed by atoms with Crippen molar-refractivity contribution in [2.75, 3.05) is 33.9 Å². The second-order valence-electron chi connectivity index (χ2n) is 5.29. The summed E-state index contributed by atoms with van der Waals surface area (Å²) in [6.45, 7) is 3.30. The maximum absolute atomic E-state index is 5.32. The second kappa shape index (κ2) is 7.83. The fourth-order valence-electron chi connectivity index (χ4n) is 2.41. The first-order valence-corrected chi connectivity index (χ1v) is 7.34. The Morgan fingerprint density at radius 2 is 2.43 bits per heavy atom. The van der Waals surface area contributed by atoms with E-state index in [4.69, 9.17) is 4.74 Å². The normalized spacial score (nSPS) is 15.8. The molecule has 0 amide bonds. The van der Waals surface area contributed by atoms with Crippen LogP contribution in [0.25, 0.3) is 0 Å². The van der Waals surface area contributed by atoms with E-state index < -0.39 is 0 Å². The Bertz CT molecular complexity index is 506. The van der Waals surface area contributed by atoms with Crippen molar-refractivity contribution in [3.63, 3.8) is 0 Å². The molecule has 0 spiro atoms. The van der Waals surface area contributed by atoms with Crippen molar-refractivity contribution in [2.24, 2.45) is 12.0 Å². The van der Waals surface area contributed by atoms with E-state index in [0.29, 0.717) is 0 Å². The quantitative estimate of drug-likeness (QED) is 0.502. The van der Waals surface area contributed by atoms with Crippen molar-refractivity contribution >= 4 is 5.96 Å². The number of hydrogen-bond donors (Lipinski definition) is 1. The molecule has 2 rings (SSSR count).